The molecule has 0 aromatic heterocycles. The predicted octanol–water partition coefficient (Wildman–Crippen LogP) is 2.55. The van der Waals surface area contributed by atoms with Crippen molar-refractivity contribution in [2.24, 2.45) is 0 Å². The first-order valence-corrected chi connectivity index (χ1v) is 4.15. The number of Topliss-reactive ketones (excluding diaryl/α,β-unsaturated/α-hetero) is 1. The lowest BCUT2D eigenvalue weighted by Gasteiger charge is -1.93. The van der Waals surface area contributed by atoms with Crippen LogP contribution in [0, 0.1) is 6.57 Å². The van der Waals surface area contributed by atoms with E-state index in [1.165, 1.54) is 0 Å². The highest BCUT2D eigenvalue weighted by molar-refractivity contribution is 9.10. The molecule has 0 N–H and O–H groups in total. The number of nitrogens with zero attached hydrogens (tertiary/aromatic N) is 1. The third-order valence-corrected chi connectivity index (χ3v) is 1.92. The van der Waals surface area contributed by atoms with Gasteiger partial charge >= 0.3 is 0 Å². The highest BCUT2D eigenvalue weighted by atomic mass is 79.9. The van der Waals surface area contributed by atoms with Crippen LogP contribution in [0.15, 0.2) is 28.7 Å². The molecule has 1 aromatic carbocycles. The SMILES string of the molecule is [C-]#[N+]CC(=O)c1ccc(Br)cc1. The molecule has 0 bridgehead atoms. The van der Waals surface area contributed by atoms with E-state index in [9.17, 15) is 4.79 Å². The average Bonchev–Trinajstić information content (AvgIpc) is 2.06. The van der Waals surface area contributed by atoms with Crippen LogP contribution in [0.5, 0.6) is 0 Å². The largest absolute Gasteiger partial charge is 0.308 e. The summed E-state index contributed by atoms with van der Waals surface area (Å²) in [6.45, 7) is 6.45. The van der Waals surface area contributed by atoms with Crippen LogP contribution in [0.2, 0.25) is 0 Å². The number of benzene rings is 1. The van der Waals surface area contributed by atoms with Crippen LogP contribution in [-0.4, -0.2) is 12.3 Å². The van der Waals surface area contributed by atoms with Gasteiger partial charge in [-0.05, 0) is 24.3 Å². The van der Waals surface area contributed by atoms with Crippen molar-refractivity contribution in [3.8, 4) is 0 Å². The van der Waals surface area contributed by atoms with Gasteiger partial charge in [-0.15, -0.1) is 0 Å². The molecule has 0 aliphatic rings. The Morgan fingerprint density at radius 2 is 2.00 bits per heavy atom. The maximum absolute atomic E-state index is 11.1. The first-order valence-electron chi connectivity index (χ1n) is 3.36. The lowest BCUT2D eigenvalue weighted by atomic mass is 10.1. The van der Waals surface area contributed by atoms with Crippen LogP contribution >= 0.6 is 15.9 Å². The highest BCUT2D eigenvalue weighted by Crippen LogP contribution is 2.10. The molecule has 0 fully saturated rings. The van der Waals surface area contributed by atoms with Crippen molar-refractivity contribution in [2.45, 2.75) is 0 Å². The molecule has 0 saturated heterocycles. The number of carbonyl (C=O) groups excluding carboxylic acids is 1. The number of hydrogen-bond donors (Lipinski definition) is 0. The molecule has 0 atom stereocenters. The summed E-state index contributed by atoms with van der Waals surface area (Å²) in [4.78, 5) is 14.2. The van der Waals surface area contributed by atoms with Crippen molar-refractivity contribution in [1.82, 2.24) is 0 Å². The van der Waals surface area contributed by atoms with E-state index < -0.39 is 0 Å². The number of ketones is 1. The fourth-order valence-electron chi connectivity index (χ4n) is 0.799. The van der Waals surface area contributed by atoms with E-state index in [0.29, 0.717) is 5.56 Å². The van der Waals surface area contributed by atoms with Crippen molar-refractivity contribution in [2.75, 3.05) is 6.54 Å². The van der Waals surface area contributed by atoms with Gasteiger partial charge in [-0.2, -0.15) is 0 Å². The third kappa shape index (κ3) is 2.18. The van der Waals surface area contributed by atoms with E-state index in [-0.39, 0.29) is 12.3 Å². The smallest absolute Gasteiger partial charge is 0.276 e. The van der Waals surface area contributed by atoms with Gasteiger partial charge in [-0.1, -0.05) is 15.9 Å². The topological polar surface area (TPSA) is 21.4 Å². The Kier molecular flexibility index (Phi) is 3.01. The van der Waals surface area contributed by atoms with Crippen LogP contribution < -0.4 is 0 Å². The molecule has 12 heavy (non-hydrogen) atoms. The van der Waals surface area contributed by atoms with E-state index >= 15 is 0 Å². The monoisotopic (exact) mass is 223 g/mol. The molecule has 0 unspecified atom stereocenters. The van der Waals surface area contributed by atoms with Crippen molar-refractivity contribution >= 4 is 21.7 Å². The summed E-state index contributed by atoms with van der Waals surface area (Å²) in [7, 11) is 0. The quantitative estimate of drug-likeness (QED) is 0.558. The summed E-state index contributed by atoms with van der Waals surface area (Å²) in [5.41, 5.74) is 0.592. The fraction of sp³-hybridized carbons (Fsp3) is 0.111. The number of halogens is 1. The summed E-state index contributed by atoms with van der Waals surface area (Å²) in [6, 6.07) is 6.99. The van der Waals surface area contributed by atoms with Gasteiger partial charge in [0, 0.05) is 10.0 Å². The zero-order valence-electron chi connectivity index (χ0n) is 6.25. The second kappa shape index (κ2) is 4.03. The van der Waals surface area contributed by atoms with Gasteiger partial charge in [-0.25, -0.2) is 6.57 Å². The van der Waals surface area contributed by atoms with Crippen LogP contribution in [0.1, 0.15) is 10.4 Å². The molecule has 0 saturated carbocycles. The van der Waals surface area contributed by atoms with Crippen molar-refractivity contribution in [1.29, 1.82) is 0 Å². The van der Waals surface area contributed by atoms with E-state index in [1.807, 2.05) is 0 Å². The van der Waals surface area contributed by atoms with Gasteiger partial charge in [0.2, 0.25) is 5.78 Å². The molecule has 0 amide bonds. The molecule has 60 valence electrons. The first-order chi connectivity index (χ1) is 5.74. The Balaban J connectivity index is 2.84. The maximum atomic E-state index is 11.1. The summed E-state index contributed by atoms with van der Waals surface area (Å²) < 4.78 is 0.932. The minimum Gasteiger partial charge on any atom is -0.308 e. The number of hydrogen-bond acceptors (Lipinski definition) is 1. The molecule has 2 nitrogen and oxygen atoms in total. The Morgan fingerprint density at radius 3 is 2.50 bits per heavy atom. The Labute approximate surface area is 79.2 Å². The van der Waals surface area contributed by atoms with E-state index in [4.69, 9.17) is 6.57 Å². The molecule has 0 aliphatic heterocycles. The molecular formula is C9H6BrNO. The molecule has 0 spiro atoms. The standard InChI is InChI=1S/C9H6BrNO/c1-11-6-9(12)7-2-4-8(10)5-3-7/h2-5H,6H2. The van der Waals surface area contributed by atoms with Gasteiger partial charge < -0.3 is 4.85 Å². The molecule has 0 aliphatic carbocycles. The summed E-state index contributed by atoms with van der Waals surface area (Å²) in [5.74, 6) is -0.127. The minimum atomic E-state index is -0.127. The van der Waals surface area contributed by atoms with E-state index in [0.717, 1.165) is 4.47 Å². The van der Waals surface area contributed by atoms with Gasteiger partial charge in [0.1, 0.15) is 0 Å². The van der Waals surface area contributed by atoms with Gasteiger partial charge in [0.15, 0.2) is 0 Å². The lowest BCUT2D eigenvalue weighted by Crippen LogP contribution is -2.00. The molecular weight excluding hydrogens is 218 g/mol. The van der Waals surface area contributed by atoms with Gasteiger partial charge in [0.05, 0.1) is 0 Å². The summed E-state index contributed by atoms with van der Waals surface area (Å²) in [5, 5.41) is 0. The van der Waals surface area contributed by atoms with Crippen molar-refractivity contribution in [3.63, 3.8) is 0 Å². The highest BCUT2D eigenvalue weighted by Gasteiger charge is 2.06. The molecule has 0 radical (unpaired) electrons. The molecule has 0 heterocycles. The lowest BCUT2D eigenvalue weighted by molar-refractivity contribution is 0.101. The molecule has 1 aromatic rings. The summed E-state index contributed by atoms with van der Waals surface area (Å²) in [6.07, 6.45) is 0. The second-order valence-electron chi connectivity index (χ2n) is 2.25. The fourth-order valence-corrected chi connectivity index (χ4v) is 1.06. The average molecular weight is 224 g/mol. The maximum Gasteiger partial charge on any atom is 0.276 e. The minimum absolute atomic E-state index is 0.0678. The Bertz CT molecular complexity index is 323. The van der Waals surface area contributed by atoms with Crippen LogP contribution in [-0.2, 0) is 0 Å². The number of carbonyl (C=O) groups is 1. The first kappa shape index (κ1) is 8.95. The van der Waals surface area contributed by atoms with Crippen molar-refractivity contribution in [3.05, 3.63) is 45.7 Å². The number of rotatable bonds is 2. The van der Waals surface area contributed by atoms with Gasteiger partial charge in [-0.3, -0.25) is 4.79 Å². The predicted molar refractivity (Wildman–Crippen MR) is 49.9 cm³/mol. The molecule has 1 rings (SSSR count). The third-order valence-electron chi connectivity index (χ3n) is 1.39. The van der Waals surface area contributed by atoms with E-state index in [1.54, 1.807) is 24.3 Å². The zero-order chi connectivity index (χ0) is 8.97. The van der Waals surface area contributed by atoms with Gasteiger partial charge in [0.25, 0.3) is 6.54 Å². The summed E-state index contributed by atoms with van der Waals surface area (Å²) >= 11 is 3.26. The zero-order valence-corrected chi connectivity index (χ0v) is 7.84. The van der Waals surface area contributed by atoms with Crippen LogP contribution in [0.25, 0.3) is 4.85 Å². The second-order valence-corrected chi connectivity index (χ2v) is 3.16. The Hall–Kier alpha value is -1.14. The van der Waals surface area contributed by atoms with Crippen molar-refractivity contribution < 1.29 is 4.79 Å². The normalized spacial score (nSPS) is 9.00. The van der Waals surface area contributed by atoms with E-state index in [2.05, 4.69) is 20.8 Å². The van der Waals surface area contributed by atoms with Crippen LogP contribution in [0.4, 0.5) is 0 Å². The Morgan fingerprint density at radius 1 is 1.42 bits per heavy atom. The molecule has 3 heteroatoms. The van der Waals surface area contributed by atoms with Crippen LogP contribution in [0.3, 0.4) is 0 Å².